The van der Waals surface area contributed by atoms with E-state index in [1.807, 2.05) is 0 Å². The van der Waals surface area contributed by atoms with Gasteiger partial charge in [-0.15, -0.1) is 13.2 Å². The Bertz CT molecular complexity index is 1180. The minimum absolute atomic E-state index is 0.00854. The first-order valence-corrected chi connectivity index (χ1v) is 11.8. The lowest BCUT2D eigenvalue weighted by Crippen LogP contribution is -2.27. The number of carbonyl (C=O) groups is 1. The van der Waals surface area contributed by atoms with Crippen molar-refractivity contribution in [3.8, 4) is 5.75 Å². The minimum atomic E-state index is -4.80. The van der Waals surface area contributed by atoms with Crippen LogP contribution in [-0.2, 0) is 6.54 Å². The predicted molar refractivity (Wildman–Crippen MR) is 125 cm³/mol. The number of hydrogen-bond acceptors (Lipinski definition) is 10. The van der Waals surface area contributed by atoms with Crippen LogP contribution >= 0.6 is 12.0 Å². The minimum Gasteiger partial charge on any atom is -0.406 e. The third kappa shape index (κ3) is 7.85. The molecule has 4 N–H and O–H groups in total. The molecule has 0 saturated heterocycles. The van der Waals surface area contributed by atoms with E-state index < -0.39 is 24.4 Å². The second-order valence-corrected chi connectivity index (χ2v) is 8.70. The number of carbonyl (C=O) groups excluding carboxylic acids is 1. The maximum absolute atomic E-state index is 14.5. The Kier molecular flexibility index (Phi) is 9.79. The van der Waals surface area contributed by atoms with Crippen molar-refractivity contribution >= 4 is 23.6 Å². The van der Waals surface area contributed by atoms with Crippen LogP contribution in [0.2, 0.25) is 0 Å². The van der Waals surface area contributed by atoms with Gasteiger partial charge in [0.2, 0.25) is 5.78 Å². The molecule has 0 bridgehead atoms. The van der Waals surface area contributed by atoms with E-state index in [1.165, 1.54) is 47.7 Å². The van der Waals surface area contributed by atoms with Crippen LogP contribution in [0.5, 0.6) is 5.75 Å². The molecule has 1 fully saturated rings. The summed E-state index contributed by atoms with van der Waals surface area (Å²) >= 11 is 0.679. The Morgan fingerprint density at radius 1 is 1.24 bits per heavy atom. The normalized spacial score (nSPS) is 19.2. The molecular formula is C22H23F4N5O5S. The molecule has 4 rings (SSSR count). The summed E-state index contributed by atoms with van der Waals surface area (Å²) in [6.45, 7) is 0.106. The first kappa shape index (κ1) is 28.3. The van der Waals surface area contributed by atoms with E-state index in [2.05, 4.69) is 25.1 Å². The van der Waals surface area contributed by atoms with Crippen LogP contribution in [0, 0.1) is 5.92 Å². The molecule has 0 amide bonds. The van der Waals surface area contributed by atoms with Crippen molar-refractivity contribution in [1.29, 1.82) is 0 Å². The van der Waals surface area contributed by atoms with Crippen LogP contribution in [-0.4, -0.2) is 64.9 Å². The topological polar surface area (TPSA) is 143 Å². The Labute approximate surface area is 212 Å². The number of halogens is 4. The lowest BCUT2D eigenvalue weighted by atomic mass is 10.1. The SMILES string of the molecule is O=C(c1ccn(Cc2cccc(OC(F)(F)F)c2)n1)c1cncnc1NC1CC(CSO)CC1F.OO. The van der Waals surface area contributed by atoms with E-state index in [1.54, 1.807) is 6.07 Å². The van der Waals surface area contributed by atoms with Gasteiger partial charge < -0.3 is 14.6 Å². The summed E-state index contributed by atoms with van der Waals surface area (Å²) in [5.41, 5.74) is 0.680. The van der Waals surface area contributed by atoms with Gasteiger partial charge in [0.15, 0.2) is 0 Å². The highest BCUT2D eigenvalue weighted by atomic mass is 32.2. The maximum Gasteiger partial charge on any atom is 0.573 e. The number of ether oxygens (including phenoxy) is 1. The monoisotopic (exact) mass is 545 g/mol. The van der Waals surface area contributed by atoms with E-state index in [0.717, 1.165) is 0 Å². The highest BCUT2D eigenvalue weighted by molar-refractivity contribution is 7.93. The molecule has 3 aromatic rings. The van der Waals surface area contributed by atoms with Gasteiger partial charge in [-0.1, -0.05) is 12.1 Å². The Hall–Kier alpha value is -3.27. The summed E-state index contributed by atoms with van der Waals surface area (Å²) in [6.07, 6.45) is -1.08. The average molecular weight is 546 g/mol. The summed E-state index contributed by atoms with van der Waals surface area (Å²) in [7, 11) is 0. The number of nitrogens with one attached hydrogen (secondary N) is 1. The maximum atomic E-state index is 14.5. The van der Waals surface area contributed by atoms with E-state index in [0.29, 0.717) is 36.2 Å². The lowest BCUT2D eigenvalue weighted by Gasteiger charge is -2.17. The Balaban J connectivity index is 0.00000186. The van der Waals surface area contributed by atoms with Gasteiger partial charge in [-0.2, -0.15) is 5.10 Å². The van der Waals surface area contributed by atoms with Crippen molar-refractivity contribution in [3.63, 3.8) is 0 Å². The molecule has 3 unspecified atom stereocenters. The summed E-state index contributed by atoms with van der Waals surface area (Å²) in [4.78, 5) is 21.1. The summed E-state index contributed by atoms with van der Waals surface area (Å²) in [5.74, 6) is -0.224. The van der Waals surface area contributed by atoms with Crippen LogP contribution in [0.4, 0.5) is 23.4 Å². The molecule has 2 aromatic heterocycles. The zero-order valence-electron chi connectivity index (χ0n) is 19.0. The molecule has 1 aliphatic carbocycles. The third-order valence-corrected chi connectivity index (χ3v) is 6.14. The molecule has 0 radical (unpaired) electrons. The first-order chi connectivity index (χ1) is 17.7. The number of anilines is 1. The largest absolute Gasteiger partial charge is 0.573 e. The lowest BCUT2D eigenvalue weighted by molar-refractivity contribution is -0.274. The molecule has 3 atom stereocenters. The summed E-state index contributed by atoms with van der Waals surface area (Å²) < 4.78 is 66.2. The average Bonchev–Trinajstić information content (AvgIpc) is 3.46. The molecule has 1 aliphatic rings. The first-order valence-electron chi connectivity index (χ1n) is 10.8. The number of nitrogens with zero attached hydrogens (tertiary/aromatic N) is 4. The number of aromatic nitrogens is 4. The van der Waals surface area contributed by atoms with Crippen LogP contribution in [0.3, 0.4) is 0 Å². The fourth-order valence-electron chi connectivity index (χ4n) is 4.00. The van der Waals surface area contributed by atoms with Gasteiger partial charge >= 0.3 is 6.36 Å². The highest BCUT2D eigenvalue weighted by Crippen LogP contribution is 2.33. The Morgan fingerprint density at radius 3 is 2.76 bits per heavy atom. The van der Waals surface area contributed by atoms with Crippen LogP contribution < -0.4 is 10.1 Å². The van der Waals surface area contributed by atoms with E-state index in [4.69, 9.17) is 15.1 Å². The second kappa shape index (κ2) is 12.8. The van der Waals surface area contributed by atoms with Crippen molar-refractivity contribution in [3.05, 3.63) is 65.9 Å². The van der Waals surface area contributed by atoms with Gasteiger partial charge in [0.05, 0.1) is 18.2 Å². The number of ketones is 1. The summed E-state index contributed by atoms with van der Waals surface area (Å²) in [5, 5.41) is 19.2. The number of benzene rings is 1. The highest BCUT2D eigenvalue weighted by Gasteiger charge is 2.35. The molecule has 200 valence electrons. The molecule has 1 saturated carbocycles. The van der Waals surface area contributed by atoms with Crippen LogP contribution in [0.1, 0.15) is 34.5 Å². The predicted octanol–water partition coefficient (Wildman–Crippen LogP) is 4.60. The van der Waals surface area contributed by atoms with Crippen molar-refractivity contribution in [2.24, 2.45) is 5.92 Å². The van der Waals surface area contributed by atoms with Gasteiger partial charge in [-0.25, -0.2) is 14.4 Å². The van der Waals surface area contributed by atoms with Gasteiger partial charge in [-0.05, 0) is 54.6 Å². The molecule has 0 aliphatic heterocycles. The second-order valence-electron chi connectivity index (χ2n) is 8.11. The molecule has 15 heteroatoms. The number of rotatable bonds is 9. The molecule has 1 aromatic carbocycles. The van der Waals surface area contributed by atoms with Crippen molar-refractivity contribution in [2.75, 3.05) is 11.1 Å². The van der Waals surface area contributed by atoms with Gasteiger partial charge in [-0.3, -0.25) is 20.0 Å². The van der Waals surface area contributed by atoms with Gasteiger partial charge in [0, 0.05) is 18.1 Å². The third-order valence-electron chi connectivity index (χ3n) is 5.52. The fraction of sp³-hybridized carbons (Fsp3) is 0.364. The number of alkyl halides is 4. The zero-order chi connectivity index (χ0) is 27.0. The smallest absolute Gasteiger partial charge is 0.406 e. The van der Waals surface area contributed by atoms with Gasteiger partial charge in [0.1, 0.15) is 29.8 Å². The van der Waals surface area contributed by atoms with Crippen molar-refractivity contribution in [2.45, 2.75) is 38.0 Å². The standard InChI is InChI=1S/C22H21F4N5O3S.H2O2/c23-17-7-14(11-35-33)8-19(17)29-21-16(9-27-12-28-21)20(32)18-4-5-31(30-18)10-13-2-1-3-15(6-13)34-22(24,25)26;1-2/h1-6,9,12,14,17,19,33H,7-8,10-11H2,(H,27,28,29);1-2H. The molecule has 10 nitrogen and oxygen atoms in total. The summed E-state index contributed by atoms with van der Waals surface area (Å²) in [6, 6.07) is 6.37. The molecule has 0 spiro atoms. The zero-order valence-corrected chi connectivity index (χ0v) is 19.9. The van der Waals surface area contributed by atoms with Gasteiger partial charge in [0.25, 0.3) is 0 Å². The Morgan fingerprint density at radius 2 is 2.03 bits per heavy atom. The van der Waals surface area contributed by atoms with Crippen LogP contribution in [0.25, 0.3) is 0 Å². The molecule has 2 heterocycles. The molecule has 37 heavy (non-hydrogen) atoms. The van der Waals surface area contributed by atoms with E-state index >= 15 is 0 Å². The van der Waals surface area contributed by atoms with E-state index in [9.17, 15) is 22.4 Å². The van der Waals surface area contributed by atoms with Crippen molar-refractivity contribution in [1.82, 2.24) is 19.7 Å². The van der Waals surface area contributed by atoms with Crippen LogP contribution in [0.15, 0.2) is 49.1 Å². The fourth-order valence-corrected chi connectivity index (χ4v) is 4.48. The van der Waals surface area contributed by atoms with E-state index in [-0.39, 0.29) is 35.3 Å². The quantitative estimate of drug-likeness (QED) is 0.0990. The molecular weight excluding hydrogens is 522 g/mol. The number of hydrogen-bond donors (Lipinski definition) is 4. The van der Waals surface area contributed by atoms with Crippen molar-refractivity contribution < 1.29 is 42.2 Å².